The van der Waals surface area contributed by atoms with E-state index in [9.17, 15) is 4.79 Å². The summed E-state index contributed by atoms with van der Waals surface area (Å²) in [4.78, 5) is 19.4. The van der Waals surface area contributed by atoms with Gasteiger partial charge in [-0.15, -0.1) is 0 Å². The molecule has 2 unspecified atom stereocenters. The molecule has 1 aromatic rings. The number of amides is 2. The van der Waals surface area contributed by atoms with E-state index >= 15 is 0 Å². The van der Waals surface area contributed by atoms with Crippen LogP contribution in [0.15, 0.2) is 30.3 Å². The van der Waals surface area contributed by atoms with Crippen LogP contribution in [0, 0.1) is 11.3 Å². The average Bonchev–Trinajstić information content (AvgIpc) is 2.71. The molecule has 2 heterocycles. The molecule has 5 heteroatoms. The number of fused-ring (bicyclic) bond motifs is 2. The standard InChI is InChI=1S/C14H15N3O2/c15-8-12-6-7-13-9-16(12)14(18)17(13)19-10-11-4-2-1-3-5-11/h1-5,12-13H,6-7,9-10H2. The fourth-order valence-electron chi connectivity index (χ4n) is 2.65. The molecule has 19 heavy (non-hydrogen) atoms. The van der Waals surface area contributed by atoms with Gasteiger partial charge in [0.05, 0.1) is 12.1 Å². The van der Waals surface area contributed by atoms with Crippen LogP contribution in [-0.4, -0.2) is 34.6 Å². The lowest BCUT2D eigenvalue weighted by atomic mass is 10.0. The Labute approximate surface area is 111 Å². The monoisotopic (exact) mass is 257 g/mol. The van der Waals surface area contributed by atoms with Crippen LogP contribution >= 0.6 is 0 Å². The fourth-order valence-corrected chi connectivity index (χ4v) is 2.65. The van der Waals surface area contributed by atoms with Crippen molar-refractivity contribution >= 4 is 6.03 Å². The summed E-state index contributed by atoms with van der Waals surface area (Å²) in [6.07, 6.45) is 1.56. The zero-order chi connectivity index (χ0) is 13.2. The Kier molecular flexibility index (Phi) is 3.10. The maximum Gasteiger partial charge on any atom is 0.345 e. The molecule has 2 saturated heterocycles. The number of hydrogen-bond donors (Lipinski definition) is 0. The van der Waals surface area contributed by atoms with Gasteiger partial charge in [0, 0.05) is 6.54 Å². The van der Waals surface area contributed by atoms with E-state index in [0.717, 1.165) is 18.4 Å². The smallest absolute Gasteiger partial charge is 0.305 e. The van der Waals surface area contributed by atoms with E-state index < -0.39 is 0 Å². The van der Waals surface area contributed by atoms with Gasteiger partial charge >= 0.3 is 6.03 Å². The summed E-state index contributed by atoms with van der Waals surface area (Å²) in [5.41, 5.74) is 1.03. The molecular formula is C14H15N3O2. The maximum atomic E-state index is 12.2. The topological polar surface area (TPSA) is 56.6 Å². The van der Waals surface area contributed by atoms with Crippen LogP contribution in [0.2, 0.25) is 0 Å². The second-order valence-electron chi connectivity index (χ2n) is 4.90. The van der Waals surface area contributed by atoms with Gasteiger partial charge in [-0.1, -0.05) is 30.3 Å². The molecule has 0 radical (unpaired) electrons. The van der Waals surface area contributed by atoms with Gasteiger partial charge in [-0.25, -0.2) is 4.79 Å². The highest BCUT2D eigenvalue weighted by molar-refractivity contribution is 5.77. The van der Waals surface area contributed by atoms with Crippen molar-refractivity contribution in [2.45, 2.75) is 31.5 Å². The van der Waals surface area contributed by atoms with Crippen LogP contribution in [0.4, 0.5) is 4.79 Å². The summed E-state index contributed by atoms with van der Waals surface area (Å²) < 4.78 is 0. The lowest BCUT2D eigenvalue weighted by molar-refractivity contribution is -0.140. The van der Waals surface area contributed by atoms with Gasteiger partial charge in [0.15, 0.2) is 0 Å². The number of piperidine rings is 1. The highest BCUT2D eigenvalue weighted by Crippen LogP contribution is 2.29. The predicted octanol–water partition coefficient (Wildman–Crippen LogP) is 1.91. The van der Waals surface area contributed by atoms with Crippen molar-refractivity contribution in [3.63, 3.8) is 0 Å². The molecule has 2 amide bonds. The molecule has 0 aliphatic carbocycles. The van der Waals surface area contributed by atoms with Gasteiger partial charge < -0.3 is 4.90 Å². The highest BCUT2D eigenvalue weighted by atomic mass is 16.7. The molecule has 0 aromatic heterocycles. The van der Waals surface area contributed by atoms with Gasteiger partial charge in [-0.05, 0) is 18.4 Å². The SMILES string of the molecule is N#CC1CCC2CN1C(=O)N2OCc1ccccc1. The molecule has 2 atom stereocenters. The quantitative estimate of drug-likeness (QED) is 0.831. The van der Waals surface area contributed by atoms with E-state index in [0.29, 0.717) is 13.2 Å². The van der Waals surface area contributed by atoms with Gasteiger partial charge in [0.2, 0.25) is 0 Å². The van der Waals surface area contributed by atoms with E-state index in [1.165, 1.54) is 5.06 Å². The first-order chi connectivity index (χ1) is 9.29. The van der Waals surface area contributed by atoms with Crippen molar-refractivity contribution in [3.05, 3.63) is 35.9 Å². The third-order valence-electron chi connectivity index (χ3n) is 3.69. The lowest BCUT2D eigenvalue weighted by Gasteiger charge is -2.25. The summed E-state index contributed by atoms with van der Waals surface area (Å²) in [7, 11) is 0. The zero-order valence-electron chi connectivity index (χ0n) is 10.5. The van der Waals surface area contributed by atoms with Crippen molar-refractivity contribution < 1.29 is 9.63 Å². The molecule has 0 N–H and O–H groups in total. The Morgan fingerprint density at radius 2 is 2.11 bits per heavy atom. The number of urea groups is 1. The van der Waals surface area contributed by atoms with Crippen molar-refractivity contribution in [1.29, 1.82) is 5.26 Å². The van der Waals surface area contributed by atoms with Crippen molar-refractivity contribution in [2.24, 2.45) is 0 Å². The van der Waals surface area contributed by atoms with E-state index in [-0.39, 0.29) is 18.1 Å². The van der Waals surface area contributed by atoms with Gasteiger partial charge in [0.1, 0.15) is 12.6 Å². The third-order valence-corrected chi connectivity index (χ3v) is 3.69. The Hall–Kier alpha value is -2.06. The number of rotatable bonds is 3. The Morgan fingerprint density at radius 3 is 2.84 bits per heavy atom. The van der Waals surface area contributed by atoms with Crippen LogP contribution in [0.1, 0.15) is 18.4 Å². The van der Waals surface area contributed by atoms with E-state index in [4.69, 9.17) is 10.1 Å². The summed E-state index contributed by atoms with van der Waals surface area (Å²) >= 11 is 0. The summed E-state index contributed by atoms with van der Waals surface area (Å²) in [6.45, 7) is 0.986. The number of carbonyl (C=O) groups excluding carboxylic acids is 1. The van der Waals surface area contributed by atoms with Gasteiger partial charge in [-0.3, -0.25) is 4.84 Å². The van der Waals surface area contributed by atoms with Crippen LogP contribution in [-0.2, 0) is 11.4 Å². The Bertz CT molecular complexity index is 511. The number of nitrogens with zero attached hydrogens (tertiary/aromatic N) is 3. The van der Waals surface area contributed by atoms with E-state index in [1.54, 1.807) is 4.90 Å². The number of benzene rings is 1. The average molecular weight is 257 g/mol. The summed E-state index contributed by atoms with van der Waals surface area (Å²) in [5, 5.41) is 10.5. The van der Waals surface area contributed by atoms with Crippen LogP contribution < -0.4 is 0 Å². The van der Waals surface area contributed by atoms with Crippen LogP contribution in [0.5, 0.6) is 0 Å². The Morgan fingerprint density at radius 1 is 1.32 bits per heavy atom. The molecule has 98 valence electrons. The minimum absolute atomic E-state index is 0.0841. The molecule has 2 bridgehead atoms. The van der Waals surface area contributed by atoms with Crippen molar-refractivity contribution in [3.8, 4) is 6.07 Å². The lowest BCUT2D eigenvalue weighted by Crippen LogP contribution is -2.38. The van der Waals surface area contributed by atoms with Crippen molar-refractivity contribution in [2.75, 3.05) is 6.54 Å². The molecule has 1 aromatic carbocycles. The number of hydroxylamine groups is 2. The minimum Gasteiger partial charge on any atom is -0.305 e. The molecule has 5 nitrogen and oxygen atoms in total. The minimum atomic E-state index is -0.297. The van der Waals surface area contributed by atoms with Gasteiger partial charge in [0.25, 0.3) is 0 Å². The molecule has 2 aliphatic rings. The second-order valence-corrected chi connectivity index (χ2v) is 4.90. The van der Waals surface area contributed by atoms with E-state index in [1.807, 2.05) is 30.3 Å². The molecule has 3 rings (SSSR count). The third kappa shape index (κ3) is 2.15. The summed E-state index contributed by atoms with van der Waals surface area (Å²) in [6, 6.07) is 11.5. The van der Waals surface area contributed by atoms with Gasteiger partial charge in [-0.2, -0.15) is 10.3 Å². The predicted molar refractivity (Wildman–Crippen MR) is 67.6 cm³/mol. The first-order valence-electron chi connectivity index (χ1n) is 6.46. The fraction of sp³-hybridized carbons (Fsp3) is 0.429. The van der Waals surface area contributed by atoms with Crippen LogP contribution in [0.3, 0.4) is 0 Å². The largest absolute Gasteiger partial charge is 0.345 e. The normalized spacial score (nSPS) is 25.5. The second kappa shape index (κ2) is 4.90. The summed E-state index contributed by atoms with van der Waals surface area (Å²) in [5.74, 6) is 0. The maximum absolute atomic E-state index is 12.2. The highest BCUT2D eigenvalue weighted by Gasteiger charge is 2.45. The Balaban J connectivity index is 1.66. The number of carbonyl (C=O) groups is 1. The van der Waals surface area contributed by atoms with Crippen molar-refractivity contribution in [1.82, 2.24) is 9.96 Å². The first-order valence-corrected chi connectivity index (χ1v) is 6.46. The van der Waals surface area contributed by atoms with E-state index in [2.05, 4.69) is 6.07 Å². The number of hydrogen-bond acceptors (Lipinski definition) is 3. The molecule has 2 aliphatic heterocycles. The number of nitriles is 1. The molecular weight excluding hydrogens is 242 g/mol. The molecule has 0 saturated carbocycles. The zero-order valence-corrected chi connectivity index (χ0v) is 10.5. The molecule has 0 spiro atoms. The van der Waals surface area contributed by atoms with Crippen LogP contribution in [0.25, 0.3) is 0 Å². The first kappa shape index (κ1) is 12.0. The molecule has 2 fully saturated rings.